The number of hydrogen-bond donors (Lipinski definition) is 1. The predicted octanol–water partition coefficient (Wildman–Crippen LogP) is 2.65. The molecule has 134 valence electrons. The van der Waals surface area contributed by atoms with Crippen molar-refractivity contribution in [3.05, 3.63) is 34.9 Å². The molecule has 1 fully saturated rings. The second-order valence-electron chi connectivity index (χ2n) is 6.72. The Kier molecular flexibility index (Phi) is 6.66. The lowest BCUT2D eigenvalue weighted by atomic mass is 9.98. The highest BCUT2D eigenvalue weighted by Crippen LogP contribution is 2.22. The molecule has 7 heteroatoms. The predicted molar refractivity (Wildman–Crippen MR) is 96.2 cm³/mol. The number of hydrogen-bond acceptors (Lipinski definition) is 3. The zero-order chi connectivity index (χ0) is 17.7. The SMILES string of the molecule is CC(C)CNC(=O)[C@H]1CCCN(S(=O)(=O)Cc2ccc(Cl)cc2)C1. The standard InChI is InChI=1S/C17H25ClN2O3S/c1-13(2)10-19-17(21)15-4-3-9-20(11-15)24(22,23)12-14-5-7-16(18)8-6-14/h5-8,13,15H,3-4,9-12H2,1-2H3,(H,19,21)/t15-/m0/s1. The fraction of sp³-hybridized carbons (Fsp3) is 0.588. The average molecular weight is 373 g/mol. The van der Waals surface area contributed by atoms with Gasteiger partial charge in [0, 0.05) is 24.7 Å². The summed E-state index contributed by atoms with van der Waals surface area (Å²) >= 11 is 5.83. The monoisotopic (exact) mass is 372 g/mol. The van der Waals surface area contributed by atoms with Gasteiger partial charge in [0.15, 0.2) is 0 Å². The summed E-state index contributed by atoms with van der Waals surface area (Å²) in [6.45, 7) is 5.42. The fourth-order valence-electron chi connectivity index (χ4n) is 2.74. The highest BCUT2D eigenvalue weighted by atomic mass is 35.5. The van der Waals surface area contributed by atoms with Crippen LogP contribution in [0.15, 0.2) is 24.3 Å². The highest BCUT2D eigenvalue weighted by molar-refractivity contribution is 7.88. The Morgan fingerprint density at radius 1 is 1.33 bits per heavy atom. The molecule has 1 saturated heterocycles. The molecule has 1 N–H and O–H groups in total. The summed E-state index contributed by atoms with van der Waals surface area (Å²) < 4.78 is 26.7. The van der Waals surface area contributed by atoms with Crippen LogP contribution >= 0.6 is 11.6 Å². The summed E-state index contributed by atoms with van der Waals surface area (Å²) in [6, 6.07) is 6.81. The van der Waals surface area contributed by atoms with E-state index in [9.17, 15) is 13.2 Å². The Balaban J connectivity index is 1.99. The third-order valence-corrected chi connectivity index (χ3v) is 6.16. The van der Waals surface area contributed by atoms with Gasteiger partial charge in [0.25, 0.3) is 0 Å². The number of nitrogens with one attached hydrogen (secondary N) is 1. The molecule has 1 atom stereocenters. The average Bonchev–Trinajstić information content (AvgIpc) is 2.54. The zero-order valence-corrected chi connectivity index (χ0v) is 15.7. The number of nitrogens with zero attached hydrogens (tertiary/aromatic N) is 1. The van der Waals surface area contributed by atoms with Gasteiger partial charge < -0.3 is 5.32 Å². The van der Waals surface area contributed by atoms with Gasteiger partial charge in [-0.05, 0) is 36.5 Å². The van der Waals surface area contributed by atoms with Crippen LogP contribution in [0.2, 0.25) is 5.02 Å². The fourth-order valence-corrected chi connectivity index (χ4v) is 4.48. The van der Waals surface area contributed by atoms with Crippen LogP contribution in [0.4, 0.5) is 0 Å². The second-order valence-corrected chi connectivity index (χ2v) is 9.12. The van der Waals surface area contributed by atoms with E-state index in [1.165, 1.54) is 4.31 Å². The Labute approximate surface area is 149 Å². The Morgan fingerprint density at radius 3 is 2.62 bits per heavy atom. The minimum atomic E-state index is -3.44. The van der Waals surface area contributed by atoms with Crippen molar-refractivity contribution in [2.24, 2.45) is 11.8 Å². The van der Waals surface area contributed by atoms with E-state index in [2.05, 4.69) is 5.32 Å². The van der Waals surface area contributed by atoms with Gasteiger partial charge in [-0.3, -0.25) is 4.79 Å². The third kappa shape index (κ3) is 5.46. The van der Waals surface area contributed by atoms with Gasteiger partial charge >= 0.3 is 0 Å². The molecule has 1 aliphatic heterocycles. The largest absolute Gasteiger partial charge is 0.356 e. The van der Waals surface area contributed by atoms with Gasteiger partial charge in [-0.1, -0.05) is 37.6 Å². The van der Waals surface area contributed by atoms with Crippen molar-refractivity contribution in [1.29, 1.82) is 0 Å². The molecule has 0 bridgehead atoms. The molecule has 5 nitrogen and oxygen atoms in total. The number of halogens is 1. The summed E-state index contributed by atoms with van der Waals surface area (Å²) in [6.07, 6.45) is 1.44. The second kappa shape index (κ2) is 8.32. The molecule has 0 spiro atoms. The van der Waals surface area contributed by atoms with Gasteiger partial charge in [-0.25, -0.2) is 12.7 Å². The smallest absolute Gasteiger partial charge is 0.224 e. The number of piperidine rings is 1. The van der Waals surface area contributed by atoms with E-state index in [1.807, 2.05) is 13.8 Å². The van der Waals surface area contributed by atoms with Crippen molar-refractivity contribution in [3.8, 4) is 0 Å². The first-order valence-corrected chi connectivity index (χ1v) is 10.3. The van der Waals surface area contributed by atoms with Gasteiger partial charge in [-0.15, -0.1) is 0 Å². The lowest BCUT2D eigenvalue weighted by molar-refractivity contribution is -0.126. The molecular formula is C17H25ClN2O3S. The van der Waals surface area contributed by atoms with Crippen LogP contribution in [0.3, 0.4) is 0 Å². The van der Waals surface area contributed by atoms with E-state index in [1.54, 1.807) is 24.3 Å². The molecule has 0 unspecified atom stereocenters. The number of carbonyl (C=O) groups excluding carboxylic acids is 1. The quantitative estimate of drug-likeness (QED) is 0.834. The van der Waals surface area contributed by atoms with Crippen LogP contribution < -0.4 is 5.32 Å². The van der Waals surface area contributed by atoms with E-state index in [4.69, 9.17) is 11.6 Å². The van der Waals surface area contributed by atoms with Crippen molar-refractivity contribution >= 4 is 27.5 Å². The number of amides is 1. The van der Waals surface area contributed by atoms with Crippen molar-refractivity contribution in [1.82, 2.24) is 9.62 Å². The van der Waals surface area contributed by atoms with E-state index in [0.717, 1.165) is 6.42 Å². The van der Waals surface area contributed by atoms with Crippen molar-refractivity contribution in [2.45, 2.75) is 32.4 Å². The maximum absolute atomic E-state index is 12.6. The van der Waals surface area contributed by atoms with Gasteiger partial charge in [0.1, 0.15) is 0 Å². The van der Waals surface area contributed by atoms with Crippen molar-refractivity contribution in [2.75, 3.05) is 19.6 Å². The summed E-state index contributed by atoms with van der Waals surface area (Å²) in [7, 11) is -3.44. The molecule has 2 rings (SSSR count). The van der Waals surface area contributed by atoms with E-state index in [-0.39, 0.29) is 24.1 Å². The summed E-state index contributed by atoms with van der Waals surface area (Å²) in [5.74, 6) is -0.000287. The van der Waals surface area contributed by atoms with Crippen molar-refractivity contribution in [3.63, 3.8) is 0 Å². The summed E-state index contributed by atoms with van der Waals surface area (Å²) in [4.78, 5) is 12.2. The number of rotatable bonds is 6. The van der Waals surface area contributed by atoms with E-state index < -0.39 is 10.0 Å². The number of carbonyl (C=O) groups is 1. The molecule has 24 heavy (non-hydrogen) atoms. The van der Waals surface area contributed by atoms with Crippen molar-refractivity contribution < 1.29 is 13.2 Å². The molecule has 1 aromatic carbocycles. The third-order valence-electron chi connectivity index (χ3n) is 4.10. The first-order valence-electron chi connectivity index (χ1n) is 8.28. The minimum Gasteiger partial charge on any atom is -0.356 e. The van der Waals surface area contributed by atoms with Gasteiger partial charge in [0.05, 0.1) is 11.7 Å². The molecule has 1 aliphatic rings. The van der Waals surface area contributed by atoms with Gasteiger partial charge in [-0.2, -0.15) is 0 Å². The topological polar surface area (TPSA) is 66.5 Å². The van der Waals surface area contributed by atoms with Crippen LogP contribution in [0.25, 0.3) is 0 Å². The Hall–Kier alpha value is -1.11. The Bertz CT molecular complexity index is 659. The first-order chi connectivity index (χ1) is 11.3. The highest BCUT2D eigenvalue weighted by Gasteiger charge is 2.32. The normalized spacial score (nSPS) is 19.4. The molecule has 1 aromatic rings. The van der Waals surface area contributed by atoms with Crippen LogP contribution in [0.5, 0.6) is 0 Å². The first kappa shape index (κ1) is 19.2. The van der Waals surface area contributed by atoms with E-state index in [0.29, 0.717) is 36.0 Å². The maximum atomic E-state index is 12.6. The lowest BCUT2D eigenvalue weighted by Gasteiger charge is -2.31. The summed E-state index contributed by atoms with van der Waals surface area (Å²) in [5.41, 5.74) is 0.700. The molecule has 0 saturated carbocycles. The number of sulfonamides is 1. The molecular weight excluding hydrogens is 348 g/mol. The summed E-state index contributed by atoms with van der Waals surface area (Å²) in [5, 5.41) is 3.48. The Morgan fingerprint density at radius 2 is 2.00 bits per heavy atom. The van der Waals surface area contributed by atoms with E-state index >= 15 is 0 Å². The van der Waals surface area contributed by atoms with Crippen LogP contribution in [0.1, 0.15) is 32.3 Å². The molecule has 1 amide bonds. The molecule has 0 aliphatic carbocycles. The molecule has 0 aromatic heterocycles. The molecule has 1 heterocycles. The van der Waals surface area contributed by atoms with Crippen LogP contribution in [-0.4, -0.2) is 38.3 Å². The van der Waals surface area contributed by atoms with Crippen LogP contribution in [-0.2, 0) is 20.6 Å². The lowest BCUT2D eigenvalue weighted by Crippen LogP contribution is -2.46. The molecule has 0 radical (unpaired) electrons. The number of benzene rings is 1. The zero-order valence-electron chi connectivity index (χ0n) is 14.2. The minimum absolute atomic E-state index is 0.0462. The van der Waals surface area contributed by atoms with Crippen LogP contribution in [0, 0.1) is 11.8 Å². The van der Waals surface area contributed by atoms with Gasteiger partial charge in [0.2, 0.25) is 15.9 Å². The maximum Gasteiger partial charge on any atom is 0.224 e.